The molecule has 0 radical (unpaired) electrons. The Labute approximate surface area is 115 Å². The Morgan fingerprint density at radius 1 is 1.29 bits per heavy atom. The maximum absolute atomic E-state index is 5.60. The Kier molecular flexibility index (Phi) is 8.88. The first kappa shape index (κ1) is 16.9. The normalized spacial score (nSPS) is 12.5. The fourth-order valence-electron chi connectivity index (χ4n) is 1.39. The fraction of sp³-hybridized carbons (Fsp3) is 0.692. The zero-order chi connectivity index (χ0) is 12.0. The number of hydrogen-bond acceptors (Lipinski definition) is 3. The molecule has 1 atom stereocenters. The molecule has 1 aromatic rings. The first-order valence-corrected chi connectivity index (χ1v) is 6.81. The van der Waals surface area contributed by atoms with Crippen LogP contribution in [0.25, 0.3) is 0 Å². The first-order chi connectivity index (χ1) is 7.59. The molecule has 0 amide bonds. The van der Waals surface area contributed by atoms with E-state index in [2.05, 4.69) is 44.5 Å². The number of nitrogens with one attached hydrogen (secondary N) is 1. The summed E-state index contributed by atoms with van der Waals surface area (Å²) in [5, 5.41) is 5.63. The zero-order valence-electron chi connectivity index (χ0n) is 11.2. The fourth-order valence-corrected chi connectivity index (χ4v) is 2.25. The van der Waals surface area contributed by atoms with Crippen LogP contribution >= 0.6 is 23.7 Å². The smallest absolute Gasteiger partial charge is 0.0617 e. The van der Waals surface area contributed by atoms with Crippen molar-refractivity contribution in [1.29, 1.82) is 0 Å². The molecule has 0 aromatic carbocycles. The molecule has 0 aliphatic carbocycles. The number of rotatable bonds is 7. The summed E-state index contributed by atoms with van der Waals surface area (Å²) in [6, 6.07) is 2.59. The van der Waals surface area contributed by atoms with Crippen LogP contribution in [0.4, 0.5) is 0 Å². The molecule has 0 saturated heterocycles. The molecule has 1 heterocycles. The van der Waals surface area contributed by atoms with Crippen LogP contribution in [0.5, 0.6) is 0 Å². The molecule has 0 aliphatic heterocycles. The van der Waals surface area contributed by atoms with E-state index < -0.39 is 0 Å². The van der Waals surface area contributed by atoms with Gasteiger partial charge in [-0.25, -0.2) is 0 Å². The van der Waals surface area contributed by atoms with Gasteiger partial charge in [0.2, 0.25) is 0 Å². The summed E-state index contributed by atoms with van der Waals surface area (Å²) in [7, 11) is 0. The minimum Gasteiger partial charge on any atom is -0.380 e. The Bertz CT molecular complexity index is 301. The second-order valence-corrected chi connectivity index (χ2v) is 5.74. The van der Waals surface area contributed by atoms with E-state index >= 15 is 0 Å². The maximum Gasteiger partial charge on any atom is 0.0617 e. The third-order valence-corrected chi connectivity index (χ3v) is 3.42. The minimum atomic E-state index is 0. The van der Waals surface area contributed by atoms with Gasteiger partial charge in [0.05, 0.1) is 6.61 Å². The topological polar surface area (TPSA) is 21.3 Å². The third-order valence-electron chi connectivity index (χ3n) is 2.40. The molecule has 2 nitrogen and oxygen atoms in total. The van der Waals surface area contributed by atoms with Crippen molar-refractivity contribution in [2.24, 2.45) is 5.92 Å². The molecule has 0 bridgehead atoms. The lowest BCUT2D eigenvalue weighted by molar-refractivity contribution is 0.0936. The molecular weight excluding hydrogens is 254 g/mol. The SMILES string of the molecule is Cc1ccsc1CNC(C)COCC(C)C.Cl. The van der Waals surface area contributed by atoms with Gasteiger partial charge in [-0.15, -0.1) is 23.7 Å². The van der Waals surface area contributed by atoms with Crippen molar-refractivity contribution in [2.45, 2.75) is 40.3 Å². The van der Waals surface area contributed by atoms with Gasteiger partial charge in [0, 0.05) is 24.1 Å². The first-order valence-electron chi connectivity index (χ1n) is 5.93. The molecule has 0 fully saturated rings. The van der Waals surface area contributed by atoms with Gasteiger partial charge in [0.15, 0.2) is 0 Å². The third kappa shape index (κ3) is 7.04. The minimum absolute atomic E-state index is 0. The highest BCUT2D eigenvalue weighted by molar-refractivity contribution is 7.10. The Morgan fingerprint density at radius 2 is 2.00 bits per heavy atom. The van der Waals surface area contributed by atoms with Crippen LogP contribution in [0.1, 0.15) is 31.2 Å². The Morgan fingerprint density at radius 3 is 2.53 bits per heavy atom. The van der Waals surface area contributed by atoms with Crippen molar-refractivity contribution in [3.8, 4) is 0 Å². The summed E-state index contributed by atoms with van der Waals surface area (Å²) < 4.78 is 5.60. The predicted octanol–water partition coefficient (Wildman–Crippen LogP) is 3.63. The van der Waals surface area contributed by atoms with Gasteiger partial charge in [-0.1, -0.05) is 13.8 Å². The maximum atomic E-state index is 5.60. The standard InChI is InChI=1S/C13H23NOS.ClH/c1-10(2)8-15-9-12(4)14-7-13-11(3)5-6-16-13;/h5-6,10,12,14H,7-9H2,1-4H3;1H. The number of ether oxygens (including phenoxy) is 1. The molecule has 1 rings (SSSR count). The van der Waals surface area contributed by atoms with Gasteiger partial charge >= 0.3 is 0 Å². The van der Waals surface area contributed by atoms with Crippen LogP contribution in [-0.4, -0.2) is 19.3 Å². The lowest BCUT2D eigenvalue weighted by atomic mass is 10.2. The van der Waals surface area contributed by atoms with Gasteiger partial charge in [0.1, 0.15) is 0 Å². The Balaban J connectivity index is 0.00000256. The van der Waals surface area contributed by atoms with Crippen molar-refractivity contribution in [1.82, 2.24) is 5.32 Å². The van der Waals surface area contributed by atoms with E-state index in [0.29, 0.717) is 12.0 Å². The zero-order valence-corrected chi connectivity index (χ0v) is 12.8. The lowest BCUT2D eigenvalue weighted by Gasteiger charge is -2.15. The summed E-state index contributed by atoms with van der Waals surface area (Å²) in [6.45, 7) is 11.3. The van der Waals surface area contributed by atoms with Gasteiger partial charge in [-0.3, -0.25) is 0 Å². The molecule has 0 saturated carbocycles. The van der Waals surface area contributed by atoms with E-state index in [9.17, 15) is 0 Å². The molecule has 1 N–H and O–H groups in total. The summed E-state index contributed by atoms with van der Waals surface area (Å²) in [4.78, 5) is 1.43. The highest BCUT2D eigenvalue weighted by Crippen LogP contribution is 2.14. The number of halogens is 1. The van der Waals surface area contributed by atoms with Crippen molar-refractivity contribution in [2.75, 3.05) is 13.2 Å². The second-order valence-electron chi connectivity index (χ2n) is 4.74. The monoisotopic (exact) mass is 277 g/mol. The molecule has 100 valence electrons. The summed E-state index contributed by atoms with van der Waals surface area (Å²) in [5.74, 6) is 0.617. The molecule has 1 unspecified atom stereocenters. The van der Waals surface area contributed by atoms with Gasteiger partial charge in [-0.05, 0) is 36.8 Å². The van der Waals surface area contributed by atoms with E-state index in [-0.39, 0.29) is 12.4 Å². The van der Waals surface area contributed by atoms with Crippen LogP contribution in [-0.2, 0) is 11.3 Å². The summed E-state index contributed by atoms with van der Waals surface area (Å²) >= 11 is 1.82. The van der Waals surface area contributed by atoms with E-state index in [0.717, 1.165) is 19.8 Å². The molecule has 1 aromatic heterocycles. The predicted molar refractivity (Wildman–Crippen MR) is 78.3 cm³/mol. The van der Waals surface area contributed by atoms with Crippen molar-refractivity contribution in [3.05, 3.63) is 21.9 Å². The lowest BCUT2D eigenvalue weighted by Crippen LogP contribution is -2.30. The average Bonchev–Trinajstić information content (AvgIpc) is 2.60. The molecular formula is C13H24ClNOS. The quantitative estimate of drug-likeness (QED) is 0.822. The van der Waals surface area contributed by atoms with E-state index in [4.69, 9.17) is 4.74 Å². The van der Waals surface area contributed by atoms with Crippen LogP contribution in [0, 0.1) is 12.8 Å². The highest BCUT2D eigenvalue weighted by atomic mass is 35.5. The average molecular weight is 278 g/mol. The number of aryl methyl sites for hydroxylation is 1. The Hall–Kier alpha value is -0.0900. The van der Waals surface area contributed by atoms with Crippen molar-refractivity contribution < 1.29 is 4.74 Å². The van der Waals surface area contributed by atoms with Crippen molar-refractivity contribution in [3.63, 3.8) is 0 Å². The largest absolute Gasteiger partial charge is 0.380 e. The number of hydrogen-bond donors (Lipinski definition) is 1. The molecule has 0 aliphatic rings. The van der Waals surface area contributed by atoms with Crippen LogP contribution in [0.3, 0.4) is 0 Å². The van der Waals surface area contributed by atoms with Crippen LogP contribution in [0.2, 0.25) is 0 Å². The van der Waals surface area contributed by atoms with E-state index in [1.54, 1.807) is 0 Å². The highest BCUT2D eigenvalue weighted by Gasteiger charge is 2.04. The second kappa shape index (κ2) is 8.92. The van der Waals surface area contributed by atoms with Gasteiger partial charge < -0.3 is 10.1 Å². The number of thiophene rings is 1. The van der Waals surface area contributed by atoms with Crippen LogP contribution < -0.4 is 5.32 Å². The van der Waals surface area contributed by atoms with Crippen molar-refractivity contribution >= 4 is 23.7 Å². The molecule has 17 heavy (non-hydrogen) atoms. The van der Waals surface area contributed by atoms with Gasteiger partial charge in [0.25, 0.3) is 0 Å². The van der Waals surface area contributed by atoms with Crippen LogP contribution in [0.15, 0.2) is 11.4 Å². The van der Waals surface area contributed by atoms with E-state index in [1.165, 1.54) is 10.4 Å². The molecule has 4 heteroatoms. The summed E-state index contributed by atoms with van der Waals surface area (Å²) in [5.41, 5.74) is 1.38. The summed E-state index contributed by atoms with van der Waals surface area (Å²) in [6.07, 6.45) is 0. The molecule has 0 spiro atoms. The van der Waals surface area contributed by atoms with Gasteiger partial charge in [-0.2, -0.15) is 0 Å². The van der Waals surface area contributed by atoms with E-state index in [1.807, 2.05) is 11.3 Å².